The molecule has 4 N–H and O–H groups in total. The molecule has 1 fully saturated rings. The number of rotatable bonds is 8. The van der Waals surface area contributed by atoms with E-state index in [9.17, 15) is 9.59 Å². The molecule has 2 aromatic rings. The molecule has 1 heterocycles. The number of anilines is 1. The summed E-state index contributed by atoms with van der Waals surface area (Å²) in [6.07, 6.45) is 8.63. The molecule has 2 atom stereocenters. The molecule has 0 radical (unpaired) electrons. The largest absolute Gasteiger partial charge is 0.497 e. The number of hydrogen-bond donors (Lipinski definition) is 2. The van der Waals surface area contributed by atoms with Crippen molar-refractivity contribution in [2.24, 2.45) is 23.3 Å². The first-order chi connectivity index (χ1) is 16.4. The Hall–Kier alpha value is -2.86. The van der Waals surface area contributed by atoms with Crippen molar-refractivity contribution in [2.75, 3.05) is 12.0 Å². The van der Waals surface area contributed by atoms with E-state index < -0.39 is 17.4 Å². The van der Waals surface area contributed by atoms with Crippen molar-refractivity contribution in [2.45, 2.75) is 69.9 Å². The summed E-state index contributed by atoms with van der Waals surface area (Å²) < 4.78 is 5.27. The van der Waals surface area contributed by atoms with Crippen molar-refractivity contribution in [3.05, 3.63) is 59.7 Å². The number of hydrogen-bond acceptors (Lipinski definition) is 4. The molecule has 1 saturated carbocycles. The van der Waals surface area contributed by atoms with Gasteiger partial charge >= 0.3 is 0 Å². The highest BCUT2D eigenvalue weighted by Crippen LogP contribution is 2.38. The first kappa shape index (κ1) is 24.3. The fraction of sp³-hybridized carbons (Fsp3) is 0.500. The second-order valence-corrected chi connectivity index (χ2v) is 9.94. The van der Waals surface area contributed by atoms with E-state index in [1.54, 1.807) is 12.0 Å². The minimum absolute atomic E-state index is 0.222. The molecule has 182 valence electrons. The molecule has 6 heteroatoms. The molecule has 34 heavy (non-hydrogen) atoms. The minimum atomic E-state index is -1.33. The summed E-state index contributed by atoms with van der Waals surface area (Å²) in [6.45, 7) is 0.368. The van der Waals surface area contributed by atoms with Crippen molar-refractivity contribution >= 4 is 17.5 Å². The zero-order valence-electron chi connectivity index (χ0n) is 20.2. The third kappa shape index (κ3) is 5.12. The summed E-state index contributed by atoms with van der Waals surface area (Å²) in [5.41, 5.74) is 14.4. The van der Waals surface area contributed by atoms with Crippen LogP contribution in [0.4, 0.5) is 5.69 Å². The topological polar surface area (TPSA) is 98.7 Å². The fourth-order valence-corrected chi connectivity index (χ4v) is 5.72. The van der Waals surface area contributed by atoms with Crippen molar-refractivity contribution in [3.8, 4) is 5.75 Å². The van der Waals surface area contributed by atoms with Crippen LogP contribution < -0.4 is 21.1 Å². The number of amides is 2. The van der Waals surface area contributed by atoms with Gasteiger partial charge in [-0.3, -0.25) is 9.59 Å². The lowest BCUT2D eigenvalue weighted by atomic mass is 9.74. The molecule has 2 aromatic carbocycles. The van der Waals surface area contributed by atoms with Crippen LogP contribution in [0.5, 0.6) is 5.75 Å². The van der Waals surface area contributed by atoms with Crippen LogP contribution in [0.15, 0.2) is 48.5 Å². The van der Waals surface area contributed by atoms with Crippen LogP contribution in [0.2, 0.25) is 0 Å². The van der Waals surface area contributed by atoms with E-state index in [1.165, 1.54) is 32.1 Å². The summed E-state index contributed by atoms with van der Waals surface area (Å²) in [4.78, 5) is 28.6. The average molecular weight is 464 g/mol. The summed E-state index contributed by atoms with van der Waals surface area (Å²) in [5.74, 6) is -0.0268. The molecule has 2 aliphatic rings. The lowest BCUT2D eigenvalue weighted by Gasteiger charge is -2.37. The normalized spacial score (nSPS) is 22.1. The fourth-order valence-electron chi connectivity index (χ4n) is 5.72. The van der Waals surface area contributed by atoms with Crippen LogP contribution in [-0.2, 0) is 22.6 Å². The smallest absolute Gasteiger partial charge is 0.248 e. The molecular formula is C28H37N3O3. The van der Waals surface area contributed by atoms with E-state index >= 15 is 0 Å². The van der Waals surface area contributed by atoms with E-state index in [-0.39, 0.29) is 5.91 Å². The first-order valence-electron chi connectivity index (χ1n) is 12.5. The lowest BCUT2D eigenvalue weighted by Crippen LogP contribution is -2.62. The summed E-state index contributed by atoms with van der Waals surface area (Å²) in [7, 11) is 1.63. The van der Waals surface area contributed by atoms with E-state index in [2.05, 4.69) is 0 Å². The highest BCUT2D eigenvalue weighted by Gasteiger charge is 2.48. The van der Waals surface area contributed by atoms with Gasteiger partial charge in [0.25, 0.3) is 0 Å². The van der Waals surface area contributed by atoms with Crippen LogP contribution in [0, 0.1) is 11.8 Å². The van der Waals surface area contributed by atoms with Gasteiger partial charge in [0.05, 0.1) is 19.6 Å². The Labute approximate surface area is 202 Å². The number of ether oxygens (including phenoxy) is 1. The summed E-state index contributed by atoms with van der Waals surface area (Å²) in [5, 5.41) is 0. The molecule has 2 amide bonds. The van der Waals surface area contributed by atoms with Gasteiger partial charge < -0.3 is 21.1 Å². The Morgan fingerprint density at radius 2 is 1.82 bits per heavy atom. The number of methoxy groups -OCH3 is 1. The number of aryl methyl sites for hydroxylation is 1. The predicted octanol–water partition coefficient (Wildman–Crippen LogP) is 4.33. The average Bonchev–Trinajstić information content (AvgIpc) is 2.96. The quantitative estimate of drug-likeness (QED) is 0.609. The number of nitrogens with zero attached hydrogens (tertiary/aromatic N) is 1. The number of primary amides is 1. The molecule has 1 aliphatic heterocycles. The van der Waals surface area contributed by atoms with Gasteiger partial charge in [-0.05, 0) is 60.9 Å². The molecule has 0 bridgehead atoms. The molecular weight excluding hydrogens is 426 g/mol. The van der Waals surface area contributed by atoms with Crippen LogP contribution in [0.1, 0.15) is 62.5 Å². The Bertz CT molecular complexity index is 1000. The van der Waals surface area contributed by atoms with Gasteiger partial charge in [0.15, 0.2) is 0 Å². The van der Waals surface area contributed by atoms with Crippen molar-refractivity contribution in [1.82, 2.24) is 0 Å². The number of nitrogens with two attached hydrogens (primary N) is 2. The van der Waals surface area contributed by atoms with Crippen molar-refractivity contribution in [3.63, 3.8) is 0 Å². The molecule has 1 aliphatic carbocycles. The van der Waals surface area contributed by atoms with E-state index in [0.29, 0.717) is 31.7 Å². The van der Waals surface area contributed by atoms with Crippen LogP contribution in [0.3, 0.4) is 0 Å². The number of benzene rings is 2. The number of fused-ring (bicyclic) bond motifs is 1. The highest BCUT2D eigenvalue weighted by atomic mass is 16.5. The molecule has 0 saturated heterocycles. The zero-order chi connectivity index (χ0) is 24.1. The Balaban J connectivity index is 1.63. The maximum absolute atomic E-state index is 14.1. The molecule has 0 spiro atoms. The van der Waals surface area contributed by atoms with Gasteiger partial charge in [0.1, 0.15) is 11.3 Å². The van der Waals surface area contributed by atoms with Gasteiger partial charge in [0, 0.05) is 5.69 Å². The highest BCUT2D eigenvalue weighted by molar-refractivity contribution is 6.04. The summed E-state index contributed by atoms with van der Waals surface area (Å²) >= 11 is 0. The molecule has 6 nitrogen and oxygen atoms in total. The molecule has 0 aromatic heterocycles. The lowest BCUT2D eigenvalue weighted by molar-refractivity contribution is -0.134. The third-order valence-electron chi connectivity index (χ3n) is 7.79. The Morgan fingerprint density at radius 1 is 1.12 bits per heavy atom. The SMILES string of the molecule is COc1ccc(CN2C(=O)[C@@](N)([C@H](CCC3CCCCC3)C(N)=O)CCc3ccccc32)cc1. The minimum Gasteiger partial charge on any atom is -0.497 e. The Kier molecular flexibility index (Phi) is 7.57. The van der Waals surface area contributed by atoms with Crippen LogP contribution in [0.25, 0.3) is 0 Å². The second-order valence-electron chi connectivity index (χ2n) is 9.94. The predicted molar refractivity (Wildman–Crippen MR) is 134 cm³/mol. The third-order valence-corrected chi connectivity index (χ3v) is 7.79. The van der Waals surface area contributed by atoms with Crippen molar-refractivity contribution in [1.29, 1.82) is 0 Å². The van der Waals surface area contributed by atoms with Gasteiger partial charge in [-0.2, -0.15) is 0 Å². The van der Waals surface area contributed by atoms with Gasteiger partial charge in [0.2, 0.25) is 11.8 Å². The maximum atomic E-state index is 14.1. The molecule has 0 unspecified atom stereocenters. The monoisotopic (exact) mass is 463 g/mol. The Morgan fingerprint density at radius 3 is 2.50 bits per heavy atom. The van der Waals surface area contributed by atoms with E-state index in [0.717, 1.165) is 29.0 Å². The number of carbonyl (C=O) groups excluding carboxylic acids is 2. The van der Waals surface area contributed by atoms with Gasteiger partial charge in [-0.1, -0.05) is 62.4 Å². The first-order valence-corrected chi connectivity index (χ1v) is 12.5. The number of carbonyl (C=O) groups is 2. The standard InChI is InChI=1S/C28H37N3O3/c1-34-23-14-11-21(12-15-23)19-31-25-10-6-5-9-22(25)17-18-28(30,27(31)33)24(26(29)32)16-13-20-7-3-2-4-8-20/h5-6,9-12,14-15,20,24H,2-4,7-8,13,16-19,30H2,1H3,(H2,29,32)/t24-,28+/m1/s1. The summed E-state index contributed by atoms with van der Waals surface area (Å²) in [6, 6.07) is 15.6. The van der Waals surface area contributed by atoms with Crippen LogP contribution in [-0.4, -0.2) is 24.5 Å². The van der Waals surface area contributed by atoms with E-state index in [4.69, 9.17) is 16.2 Å². The molecule has 4 rings (SSSR count). The second kappa shape index (κ2) is 10.6. The number of para-hydroxylation sites is 1. The zero-order valence-corrected chi connectivity index (χ0v) is 20.2. The maximum Gasteiger partial charge on any atom is 0.248 e. The van der Waals surface area contributed by atoms with Crippen molar-refractivity contribution < 1.29 is 14.3 Å². The van der Waals surface area contributed by atoms with Gasteiger partial charge in [-0.15, -0.1) is 0 Å². The van der Waals surface area contributed by atoms with Gasteiger partial charge in [-0.25, -0.2) is 0 Å². The van der Waals surface area contributed by atoms with E-state index in [1.807, 2.05) is 48.5 Å². The van der Waals surface area contributed by atoms with Crippen LogP contribution >= 0.6 is 0 Å².